The van der Waals surface area contributed by atoms with E-state index in [2.05, 4.69) is 13.5 Å². The van der Waals surface area contributed by atoms with Gasteiger partial charge in [0, 0.05) is 18.6 Å². The molecule has 0 saturated heterocycles. The lowest BCUT2D eigenvalue weighted by molar-refractivity contribution is -0.870. The molecule has 0 aromatic carbocycles. The molecule has 0 spiro atoms. The van der Waals surface area contributed by atoms with Gasteiger partial charge < -0.3 is 23.6 Å². The van der Waals surface area contributed by atoms with Crippen LogP contribution in [0.2, 0.25) is 0 Å². The van der Waals surface area contributed by atoms with Gasteiger partial charge in [0.15, 0.2) is 6.10 Å². The molecule has 0 aliphatic heterocycles. The molecule has 0 fully saturated rings. The van der Waals surface area contributed by atoms with E-state index in [0.29, 0.717) is 17.6 Å². The first-order valence-electron chi connectivity index (χ1n) is 20.3. The van der Waals surface area contributed by atoms with Gasteiger partial charge in [0.2, 0.25) is 0 Å². The van der Waals surface area contributed by atoms with Crippen molar-refractivity contribution < 1.29 is 51.9 Å². The van der Waals surface area contributed by atoms with E-state index >= 15 is 0 Å². The number of ether oxygens (including phenoxy) is 3. The number of likely N-dealkylation sites (N-methyl/N-ethyl adjacent to an activating group) is 1. The number of carbonyl (C=O) groups excluding carboxylic acids is 3. The number of hydrogen-bond donors (Lipinski definition) is 1. The Balaban J connectivity index is 4.49. The van der Waals surface area contributed by atoms with Gasteiger partial charge >= 0.3 is 26.1 Å². The lowest BCUT2D eigenvalue weighted by Crippen LogP contribution is -2.38. The van der Waals surface area contributed by atoms with Crippen LogP contribution < -0.4 is 4.89 Å². The summed E-state index contributed by atoms with van der Waals surface area (Å²) in [7, 11) is 1.37. The number of phosphoric acid groups is 1. The molecule has 11 nitrogen and oxygen atoms in total. The van der Waals surface area contributed by atoms with Crippen molar-refractivity contribution in [2.75, 3.05) is 54.1 Å². The van der Waals surface area contributed by atoms with E-state index in [1.165, 1.54) is 76.4 Å². The van der Waals surface area contributed by atoms with Gasteiger partial charge in [-0.15, -0.1) is 0 Å². The quantitative estimate of drug-likeness (QED) is 0.0124. The zero-order valence-electron chi connectivity index (χ0n) is 33.8. The second kappa shape index (κ2) is 34.4. The van der Waals surface area contributed by atoms with Gasteiger partial charge in [-0.1, -0.05) is 141 Å². The van der Waals surface area contributed by atoms with Gasteiger partial charge in [-0.3, -0.25) is 4.79 Å². The molecule has 12 heteroatoms. The number of allylic oxidation sites excluding steroid dienone is 3. The number of rotatable bonds is 37. The summed E-state index contributed by atoms with van der Waals surface area (Å²) in [6.07, 6.45) is 30.9. The highest BCUT2D eigenvalue weighted by Crippen LogP contribution is 2.47. The monoisotopic (exact) mass is 773 g/mol. The van der Waals surface area contributed by atoms with E-state index in [1.54, 1.807) is 12.2 Å². The fraction of sp³-hybridized carbons (Fsp3) is 0.780. The second-order valence-corrected chi connectivity index (χ2v) is 16.2. The lowest BCUT2D eigenvalue weighted by Gasteiger charge is -2.26. The maximum absolute atomic E-state index is 12.5. The molecule has 2 atom stereocenters. The molecule has 0 rings (SSSR count). The Labute approximate surface area is 322 Å². The molecule has 308 valence electrons. The Morgan fingerprint density at radius 3 is 1.81 bits per heavy atom. The Morgan fingerprint density at radius 2 is 1.25 bits per heavy atom. The van der Waals surface area contributed by atoms with Crippen molar-refractivity contribution in [3.8, 4) is 0 Å². The molecule has 0 aromatic heterocycles. The largest absolute Gasteiger partial charge is 0.606 e. The van der Waals surface area contributed by atoms with Crippen LogP contribution in [0.25, 0.3) is 0 Å². The highest BCUT2D eigenvalue weighted by molar-refractivity contribution is 7.52. The third-order valence-corrected chi connectivity index (χ3v) is 9.53. The van der Waals surface area contributed by atoms with E-state index in [4.69, 9.17) is 23.3 Å². The van der Waals surface area contributed by atoms with Gasteiger partial charge in [0.25, 0.3) is 0 Å². The molecule has 1 N–H and O–H groups in total. The van der Waals surface area contributed by atoms with E-state index in [0.717, 1.165) is 70.6 Å². The molecule has 0 aliphatic carbocycles. The summed E-state index contributed by atoms with van der Waals surface area (Å²) in [5.41, 5.74) is 0. The van der Waals surface area contributed by atoms with Crippen LogP contribution in [0.1, 0.15) is 148 Å². The normalized spacial score (nSPS) is 13.6. The Kier molecular flexibility index (Phi) is 33.0. The van der Waals surface area contributed by atoms with Crippen molar-refractivity contribution in [3.05, 3.63) is 37.0 Å². The lowest BCUT2D eigenvalue weighted by atomic mass is 10.0. The zero-order valence-corrected chi connectivity index (χ0v) is 34.7. The fourth-order valence-electron chi connectivity index (χ4n) is 5.30. The molecule has 0 bridgehead atoms. The predicted octanol–water partition coefficient (Wildman–Crippen LogP) is 8.65. The number of unbranched alkanes of at least 4 members (excludes halogenated alkanes) is 19. The molecule has 0 saturated carbocycles. The minimum Gasteiger partial charge on any atom is -0.606 e. The number of phosphoric ester groups is 1. The Morgan fingerprint density at radius 1 is 0.698 bits per heavy atom. The highest BCUT2D eigenvalue weighted by atomic mass is 31.2. The zero-order chi connectivity index (χ0) is 39.5. The summed E-state index contributed by atoms with van der Waals surface area (Å²) in [4.78, 5) is 58.5. The van der Waals surface area contributed by atoms with Crippen LogP contribution in [0.3, 0.4) is 0 Å². The van der Waals surface area contributed by atoms with Crippen LogP contribution in [0.4, 0.5) is 0 Å². The average Bonchev–Trinajstić information content (AvgIpc) is 3.10. The molecule has 0 heterocycles. The van der Waals surface area contributed by atoms with Crippen molar-refractivity contribution in [2.24, 2.45) is 0 Å². The topological polar surface area (TPSA) is 141 Å². The summed E-state index contributed by atoms with van der Waals surface area (Å²) in [5, 5.41) is 0. The summed E-state index contributed by atoms with van der Waals surface area (Å²) in [5.74, 6) is -1.47. The van der Waals surface area contributed by atoms with Crippen LogP contribution in [0.5, 0.6) is 0 Å². The van der Waals surface area contributed by atoms with E-state index in [9.17, 15) is 24.2 Å². The smallest absolute Gasteiger partial charge is 0.377 e. The van der Waals surface area contributed by atoms with Crippen LogP contribution in [-0.2, 0) is 37.6 Å². The van der Waals surface area contributed by atoms with Crippen molar-refractivity contribution in [2.45, 2.75) is 154 Å². The maximum atomic E-state index is 12.5. The fourth-order valence-corrected chi connectivity index (χ4v) is 6.04. The van der Waals surface area contributed by atoms with Gasteiger partial charge in [0.05, 0.1) is 27.7 Å². The predicted molar refractivity (Wildman–Crippen MR) is 211 cm³/mol. The molecule has 0 aliphatic rings. The number of quaternary nitrogens is 1. The van der Waals surface area contributed by atoms with Crippen LogP contribution in [-0.4, -0.2) is 87.5 Å². The molecule has 0 radical (unpaired) electrons. The van der Waals surface area contributed by atoms with Gasteiger partial charge in [-0.25, -0.2) is 9.59 Å². The highest BCUT2D eigenvalue weighted by Gasteiger charge is 2.31. The second-order valence-electron chi connectivity index (χ2n) is 14.8. The summed E-state index contributed by atoms with van der Waals surface area (Å²) >= 11 is 0. The van der Waals surface area contributed by atoms with E-state index in [1.807, 2.05) is 27.2 Å². The van der Waals surface area contributed by atoms with Gasteiger partial charge in [0.1, 0.15) is 26.4 Å². The van der Waals surface area contributed by atoms with E-state index in [-0.39, 0.29) is 25.6 Å². The SMILES string of the molecule is C=CC(=O)OCCCCCCCCC/C=C/C=C/C(=O)O[C@H](COC(=O)CCCCCCCCCCCCCCC)CO[P+]([O-])(O)OCC[N+](C)(C)C. The third kappa shape index (κ3) is 37.9. The first-order chi connectivity index (χ1) is 25.4. The first-order valence-corrected chi connectivity index (χ1v) is 21.8. The minimum absolute atomic E-state index is 0.00150. The third-order valence-electron chi connectivity index (χ3n) is 8.54. The van der Waals surface area contributed by atoms with Crippen LogP contribution >= 0.6 is 8.17 Å². The van der Waals surface area contributed by atoms with Gasteiger partial charge in [-0.2, -0.15) is 13.9 Å². The molecule has 0 aromatic rings. The Hall–Kier alpha value is -2.14. The minimum atomic E-state index is -4.41. The molecule has 0 amide bonds. The van der Waals surface area contributed by atoms with Crippen LogP contribution in [0.15, 0.2) is 37.0 Å². The van der Waals surface area contributed by atoms with Crippen molar-refractivity contribution >= 4 is 26.1 Å². The average molecular weight is 773 g/mol. The first kappa shape index (κ1) is 50.9. The van der Waals surface area contributed by atoms with Crippen molar-refractivity contribution in [3.63, 3.8) is 0 Å². The molecule has 53 heavy (non-hydrogen) atoms. The summed E-state index contributed by atoms with van der Waals surface area (Å²) < 4.78 is 26.5. The number of hydrogen-bond acceptors (Lipinski definition) is 10. The molecular formula is C41H75NO10P+. The number of esters is 3. The van der Waals surface area contributed by atoms with Crippen molar-refractivity contribution in [1.29, 1.82) is 0 Å². The van der Waals surface area contributed by atoms with Crippen molar-refractivity contribution in [1.82, 2.24) is 0 Å². The van der Waals surface area contributed by atoms with Gasteiger partial charge in [-0.05, 0) is 25.7 Å². The summed E-state index contributed by atoms with van der Waals surface area (Å²) in [6.45, 7) is 5.78. The standard InChI is InChI=1S/C41H74NO10P/c1-6-8-9-10-11-12-13-14-16-19-22-25-28-31-40(44)49-36-38(37-51-53(46,47)50-35-33-42(3,4)5)52-41(45)32-29-26-23-20-17-15-18-21-24-27-30-34-48-39(43)7-2/h7,23,26,29,32,38H,2,6,8-22,24-25,27-28,30-31,33-37H2,1,3-5H3/p+1/b26-23+,32-29+/t38-/m1/s1. The summed E-state index contributed by atoms with van der Waals surface area (Å²) in [6, 6.07) is 0. The molecule has 1 unspecified atom stereocenters. The Bertz CT molecular complexity index is 996. The van der Waals surface area contributed by atoms with E-state index < -0.39 is 32.8 Å². The molecular weight excluding hydrogens is 697 g/mol. The van der Waals surface area contributed by atoms with Crippen LogP contribution in [0, 0.1) is 0 Å². The number of nitrogens with zero attached hydrogens (tertiary/aromatic N) is 1. The number of carbonyl (C=O) groups is 3. The maximum Gasteiger partial charge on any atom is 0.377 e.